The predicted octanol–water partition coefficient (Wildman–Crippen LogP) is 3.54. The number of hydrogen-bond donors (Lipinski definition) is 2. The topological polar surface area (TPSA) is 92.5 Å². The fourth-order valence-electron chi connectivity index (χ4n) is 2.23. The molecule has 0 aliphatic heterocycles. The van der Waals surface area contributed by atoms with Crippen LogP contribution in [0.4, 0.5) is 5.69 Å². The van der Waals surface area contributed by atoms with E-state index in [1.807, 2.05) is 20.8 Å². The van der Waals surface area contributed by atoms with Crippen molar-refractivity contribution < 1.29 is 4.92 Å². The smallest absolute Gasteiger partial charge is 0.274 e. The minimum Gasteiger partial charge on any atom is -0.357 e. The Labute approximate surface area is 168 Å². The van der Waals surface area contributed by atoms with E-state index in [2.05, 4.69) is 20.6 Å². The molecule has 0 spiro atoms. The lowest BCUT2D eigenvalue weighted by Gasteiger charge is -2.10. The molecule has 1 aromatic heterocycles. The summed E-state index contributed by atoms with van der Waals surface area (Å²) < 4.78 is 0. The first-order valence-electron chi connectivity index (χ1n) is 7.68. The van der Waals surface area contributed by atoms with Gasteiger partial charge in [0.15, 0.2) is 5.96 Å². The van der Waals surface area contributed by atoms with E-state index < -0.39 is 0 Å². The second-order valence-electron chi connectivity index (χ2n) is 5.18. The van der Waals surface area contributed by atoms with Crippen LogP contribution in [0.5, 0.6) is 0 Å². The summed E-state index contributed by atoms with van der Waals surface area (Å²) in [6.07, 6.45) is 0. The highest BCUT2D eigenvalue weighted by Gasteiger charge is 2.12. The summed E-state index contributed by atoms with van der Waals surface area (Å²) in [6.45, 7) is 7.52. The average molecular weight is 475 g/mol. The molecular formula is C16H22IN5O2S. The number of benzene rings is 1. The zero-order valence-corrected chi connectivity index (χ0v) is 17.6. The normalized spacial score (nSPS) is 10.9. The predicted molar refractivity (Wildman–Crippen MR) is 112 cm³/mol. The third-order valence-corrected chi connectivity index (χ3v) is 4.43. The largest absolute Gasteiger partial charge is 0.357 e. The number of halogens is 1. The Balaban J connectivity index is 0.00000312. The first-order valence-corrected chi connectivity index (χ1v) is 8.50. The Bertz CT molecular complexity index is 748. The van der Waals surface area contributed by atoms with Gasteiger partial charge >= 0.3 is 0 Å². The fourth-order valence-corrected chi connectivity index (χ4v) is 3.11. The van der Waals surface area contributed by atoms with Crippen LogP contribution in [-0.4, -0.2) is 22.4 Å². The van der Waals surface area contributed by atoms with Crippen LogP contribution in [0.1, 0.15) is 28.1 Å². The molecule has 2 aromatic rings. The zero-order valence-electron chi connectivity index (χ0n) is 14.4. The molecule has 0 radical (unpaired) electrons. The van der Waals surface area contributed by atoms with E-state index in [0.717, 1.165) is 15.6 Å². The van der Waals surface area contributed by atoms with Crippen molar-refractivity contribution >= 4 is 47.0 Å². The Morgan fingerprint density at radius 1 is 1.32 bits per heavy atom. The van der Waals surface area contributed by atoms with Gasteiger partial charge in [-0.2, -0.15) is 0 Å². The van der Waals surface area contributed by atoms with E-state index in [1.54, 1.807) is 29.5 Å². The van der Waals surface area contributed by atoms with Crippen molar-refractivity contribution in [2.75, 3.05) is 6.54 Å². The number of aryl methyl sites for hydroxylation is 2. The lowest BCUT2D eigenvalue weighted by molar-refractivity contribution is -0.385. The van der Waals surface area contributed by atoms with Crippen molar-refractivity contribution in [3.63, 3.8) is 0 Å². The number of nitro groups is 1. The first-order chi connectivity index (χ1) is 11.5. The Kier molecular flexibility index (Phi) is 8.76. The summed E-state index contributed by atoms with van der Waals surface area (Å²) in [4.78, 5) is 20.7. The molecule has 0 saturated carbocycles. The molecule has 0 aliphatic carbocycles. The number of rotatable bonds is 6. The molecule has 1 aromatic carbocycles. The number of nitrogens with one attached hydrogen (secondary N) is 2. The molecule has 136 valence electrons. The van der Waals surface area contributed by atoms with Gasteiger partial charge in [0, 0.05) is 17.5 Å². The maximum Gasteiger partial charge on any atom is 0.274 e. The van der Waals surface area contributed by atoms with Gasteiger partial charge in [-0.15, -0.1) is 35.3 Å². The lowest BCUT2D eigenvalue weighted by atomic mass is 10.2. The maximum absolute atomic E-state index is 11.1. The maximum atomic E-state index is 11.1. The number of guanidine groups is 1. The van der Waals surface area contributed by atoms with Gasteiger partial charge in [0.05, 0.1) is 34.3 Å². The zero-order chi connectivity index (χ0) is 17.5. The summed E-state index contributed by atoms with van der Waals surface area (Å²) in [5, 5.41) is 18.5. The van der Waals surface area contributed by atoms with E-state index in [-0.39, 0.29) is 41.1 Å². The van der Waals surface area contributed by atoms with Gasteiger partial charge in [-0.05, 0) is 20.8 Å². The molecule has 2 rings (SSSR count). The summed E-state index contributed by atoms with van der Waals surface area (Å²) in [6, 6.07) is 6.65. The van der Waals surface area contributed by atoms with Crippen molar-refractivity contribution in [1.82, 2.24) is 15.6 Å². The second kappa shape index (κ2) is 10.3. The SMILES string of the molecule is CCNC(=NCc1ccccc1[N+](=O)[O-])NCc1sc(C)nc1C.I. The van der Waals surface area contributed by atoms with Crippen LogP contribution in [0, 0.1) is 24.0 Å². The monoisotopic (exact) mass is 475 g/mol. The van der Waals surface area contributed by atoms with Crippen LogP contribution < -0.4 is 10.6 Å². The molecule has 9 heteroatoms. The van der Waals surface area contributed by atoms with Crippen LogP contribution in [0.3, 0.4) is 0 Å². The summed E-state index contributed by atoms with van der Waals surface area (Å²) in [7, 11) is 0. The third-order valence-electron chi connectivity index (χ3n) is 3.36. The van der Waals surface area contributed by atoms with Crippen LogP contribution >= 0.6 is 35.3 Å². The second-order valence-corrected chi connectivity index (χ2v) is 6.46. The quantitative estimate of drug-likeness (QED) is 0.219. The van der Waals surface area contributed by atoms with E-state index >= 15 is 0 Å². The summed E-state index contributed by atoms with van der Waals surface area (Å²) in [5.41, 5.74) is 1.69. The average Bonchev–Trinajstić information content (AvgIpc) is 2.88. The first kappa shape index (κ1) is 21.3. The number of hydrogen-bond acceptors (Lipinski definition) is 5. The van der Waals surface area contributed by atoms with Crippen LogP contribution in [-0.2, 0) is 13.1 Å². The minimum absolute atomic E-state index is 0. The van der Waals surface area contributed by atoms with Gasteiger partial charge in [-0.3, -0.25) is 10.1 Å². The van der Waals surface area contributed by atoms with E-state index in [9.17, 15) is 10.1 Å². The van der Waals surface area contributed by atoms with Gasteiger partial charge in [0.25, 0.3) is 5.69 Å². The lowest BCUT2D eigenvalue weighted by Crippen LogP contribution is -2.36. The number of aromatic nitrogens is 1. The fraction of sp³-hybridized carbons (Fsp3) is 0.375. The van der Waals surface area contributed by atoms with Crippen LogP contribution in [0.15, 0.2) is 29.3 Å². The molecule has 7 nitrogen and oxygen atoms in total. The Hall–Kier alpha value is -1.75. The minimum atomic E-state index is -0.380. The van der Waals surface area contributed by atoms with E-state index in [0.29, 0.717) is 24.6 Å². The molecule has 0 saturated heterocycles. The highest BCUT2D eigenvalue weighted by atomic mass is 127. The van der Waals surface area contributed by atoms with Gasteiger partial charge in [-0.25, -0.2) is 9.98 Å². The standard InChI is InChI=1S/C16H21N5O2S.HI/c1-4-17-16(19-10-15-11(2)20-12(3)24-15)18-9-13-7-5-6-8-14(13)21(22)23;/h5-8H,4,9-10H2,1-3H3,(H2,17,18,19);1H. The van der Waals surface area contributed by atoms with Crippen LogP contribution in [0.2, 0.25) is 0 Å². The Morgan fingerprint density at radius 3 is 2.64 bits per heavy atom. The van der Waals surface area contributed by atoms with Crippen molar-refractivity contribution in [3.8, 4) is 0 Å². The number of para-hydroxylation sites is 1. The van der Waals surface area contributed by atoms with Crippen molar-refractivity contribution in [3.05, 3.63) is 55.5 Å². The molecule has 0 unspecified atom stereocenters. The van der Waals surface area contributed by atoms with E-state index in [1.165, 1.54) is 6.07 Å². The Morgan fingerprint density at radius 2 is 2.04 bits per heavy atom. The van der Waals surface area contributed by atoms with Gasteiger partial charge in [0.2, 0.25) is 0 Å². The van der Waals surface area contributed by atoms with Crippen molar-refractivity contribution in [2.45, 2.75) is 33.9 Å². The van der Waals surface area contributed by atoms with Crippen molar-refractivity contribution in [1.29, 1.82) is 0 Å². The molecule has 0 fully saturated rings. The number of nitro benzene ring substituents is 1. The van der Waals surface area contributed by atoms with Gasteiger partial charge in [0.1, 0.15) is 0 Å². The van der Waals surface area contributed by atoms with E-state index in [4.69, 9.17) is 0 Å². The van der Waals surface area contributed by atoms with Gasteiger partial charge < -0.3 is 10.6 Å². The number of nitrogens with zero attached hydrogens (tertiary/aromatic N) is 3. The molecule has 2 N–H and O–H groups in total. The summed E-state index contributed by atoms with van der Waals surface area (Å²) in [5.74, 6) is 0.626. The molecular weight excluding hydrogens is 453 g/mol. The molecule has 0 bridgehead atoms. The number of thiazole rings is 1. The van der Waals surface area contributed by atoms with Crippen molar-refractivity contribution in [2.24, 2.45) is 4.99 Å². The molecule has 1 heterocycles. The highest BCUT2D eigenvalue weighted by molar-refractivity contribution is 14.0. The molecule has 25 heavy (non-hydrogen) atoms. The third kappa shape index (κ3) is 6.24. The molecule has 0 atom stereocenters. The highest BCUT2D eigenvalue weighted by Crippen LogP contribution is 2.18. The number of aliphatic imine (C=N–C) groups is 1. The summed E-state index contributed by atoms with van der Waals surface area (Å²) >= 11 is 1.65. The molecule has 0 aliphatic rings. The van der Waals surface area contributed by atoms with Crippen LogP contribution in [0.25, 0.3) is 0 Å². The van der Waals surface area contributed by atoms with Gasteiger partial charge in [-0.1, -0.05) is 18.2 Å². The molecule has 0 amide bonds.